The number of carbonyl (C=O) groups is 2. The summed E-state index contributed by atoms with van der Waals surface area (Å²) in [7, 11) is 1.52. The molecule has 168 valence electrons. The molecule has 9 nitrogen and oxygen atoms in total. The van der Waals surface area contributed by atoms with E-state index >= 15 is 0 Å². The van der Waals surface area contributed by atoms with Crippen LogP contribution in [0.5, 0.6) is 11.5 Å². The molecule has 33 heavy (non-hydrogen) atoms. The Bertz CT molecular complexity index is 1270. The van der Waals surface area contributed by atoms with Crippen molar-refractivity contribution >= 4 is 28.3 Å². The van der Waals surface area contributed by atoms with Crippen molar-refractivity contribution in [2.45, 2.75) is 13.0 Å². The maximum absolute atomic E-state index is 12.2. The van der Waals surface area contributed by atoms with Crippen LogP contribution in [0.25, 0.3) is 10.8 Å². The van der Waals surface area contributed by atoms with Crippen molar-refractivity contribution in [2.75, 3.05) is 19.0 Å². The van der Waals surface area contributed by atoms with Gasteiger partial charge >= 0.3 is 5.97 Å². The van der Waals surface area contributed by atoms with E-state index in [1.54, 1.807) is 30.3 Å². The van der Waals surface area contributed by atoms with Gasteiger partial charge in [-0.25, -0.2) is 4.79 Å². The number of anilines is 1. The number of nitrogens with zero attached hydrogens (tertiary/aromatic N) is 2. The highest BCUT2D eigenvalue weighted by molar-refractivity contribution is 5.93. The Hall–Kier alpha value is -4.40. The minimum absolute atomic E-state index is 0.0779. The van der Waals surface area contributed by atoms with Crippen molar-refractivity contribution in [3.8, 4) is 11.5 Å². The third-order valence-corrected chi connectivity index (χ3v) is 4.64. The average Bonchev–Trinajstić information content (AvgIpc) is 3.28. The zero-order valence-electron chi connectivity index (χ0n) is 17.8. The smallest absolute Gasteiger partial charge is 0.344 e. The molecule has 9 heteroatoms. The number of hydrogen-bond donors (Lipinski definition) is 1. The van der Waals surface area contributed by atoms with Crippen LogP contribution in [0.15, 0.2) is 71.3 Å². The van der Waals surface area contributed by atoms with Crippen molar-refractivity contribution < 1.29 is 28.3 Å². The quantitative estimate of drug-likeness (QED) is 0.388. The van der Waals surface area contributed by atoms with Gasteiger partial charge in [0.15, 0.2) is 19.0 Å². The highest BCUT2D eigenvalue weighted by Crippen LogP contribution is 2.23. The number of hydrogen-bond acceptors (Lipinski definition) is 8. The summed E-state index contributed by atoms with van der Waals surface area (Å²) in [6, 6.07) is 20.4. The summed E-state index contributed by atoms with van der Waals surface area (Å²) in [5.74, 6) is 0.420. The summed E-state index contributed by atoms with van der Waals surface area (Å²) < 4.78 is 20.8. The maximum atomic E-state index is 12.2. The largest absolute Gasteiger partial charge is 0.495 e. The molecule has 0 bridgehead atoms. The van der Waals surface area contributed by atoms with E-state index in [0.29, 0.717) is 17.2 Å². The first kappa shape index (κ1) is 21.8. The zero-order valence-corrected chi connectivity index (χ0v) is 17.8. The molecule has 0 aliphatic heterocycles. The van der Waals surface area contributed by atoms with Crippen LogP contribution in [-0.4, -0.2) is 35.7 Å². The van der Waals surface area contributed by atoms with Gasteiger partial charge in [0.1, 0.15) is 11.5 Å². The lowest BCUT2D eigenvalue weighted by molar-refractivity contribution is -0.148. The maximum Gasteiger partial charge on any atom is 0.344 e. The molecule has 4 aromatic rings. The van der Waals surface area contributed by atoms with Crippen molar-refractivity contribution in [1.82, 2.24) is 10.1 Å². The number of fused-ring (bicyclic) bond motifs is 1. The van der Waals surface area contributed by atoms with E-state index in [2.05, 4.69) is 15.5 Å². The lowest BCUT2D eigenvalue weighted by atomic mass is 10.1. The topological polar surface area (TPSA) is 113 Å². The third-order valence-electron chi connectivity index (χ3n) is 4.64. The van der Waals surface area contributed by atoms with Crippen LogP contribution in [0.1, 0.15) is 11.7 Å². The van der Waals surface area contributed by atoms with E-state index < -0.39 is 5.97 Å². The summed E-state index contributed by atoms with van der Waals surface area (Å²) in [6.07, 6.45) is -0.111. The summed E-state index contributed by atoms with van der Waals surface area (Å²) >= 11 is 0. The number of carbonyl (C=O) groups excluding carboxylic acids is 2. The first-order valence-corrected chi connectivity index (χ1v) is 10.1. The average molecular weight is 447 g/mol. The third kappa shape index (κ3) is 5.85. The Morgan fingerprint density at radius 3 is 2.64 bits per heavy atom. The molecule has 0 unspecified atom stereocenters. The van der Waals surface area contributed by atoms with Gasteiger partial charge in [-0.3, -0.25) is 4.79 Å². The highest BCUT2D eigenvalue weighted by Gasteiger charge is 2.14. The molecule has 1 aromatic heterocycles. The standard InChI is InChI=1S/C24H21N3O6/c1-30-20-9-5-4-8-19(20)25-22(28)13-21-26-23(33-27-21)14-32-24(29)15-31-18-11-10-16-6-2-3-7-17(16)12-18/h2-12H,13-15H2,1H3,(H,25,28). The number of benzene rings is 3. The molecule has 1 amide bonds. The normalized spacial score (nSPS) is 10.6. The van der Waals surface area contributed by atoms with Crippen LogP contribution >= 0.6 is 0 Å². The van der Waals surface area contributed by atoms with Gasteiger partial charge in [-0.2, -0.15) is 4.98 Å². The van der Waals surface area contributed by atoms with E-state index in [1.165, 1.54) is 7.11 Å². The number of para-hydroxylation sites is 2. The van der Waals surface area contributed by atoms with Crippen LogP contribution in [-0.2, 0) is 27.4 Å². The van der Waals surface area contributed by atoms with Crippen LogP contribution in [0, 0.1) is 0 Å². The van der Waals surface area contributed by atoms with Crippen LogP contribution in [0.3, 0.4) is 0 Å². The number of esters is 1. The van der Waals surface area contributed by atoms with Crippen molar-refractivity contribution in [1.29, 1.82) is 0 Å². The predicted octanol–water partition coefficient (Wildman–Crippen LogP) is 3.53. The number of nitrogens with one attached hydrogen (secondary N) is 1. The Kier molecular flexibility index (Phi) is 6.79. The van der Waals surface area contributed by atoms with Gasteiger partial charge in [0.2, 0.25) is 5.91 Å². The van der Waals surface area contributed by atoms with Gasteiger partial charge in [0.05, 0.1) is 19.2 Å². The first-order chi connectivity index (χ1) is 16.1. The molecule has 0 atom stereocenters. The second-order valence-corrected chi connectivity index (χ2v) is 6.99. The zero-order chi connectivity index (χ0) is 23.0. The van der Waals surface area contributed by atoms with Crippen LogP contribution in [0.2, 0.25) is 0 Å². The van der Waals surface area contributed by atoms with E-state index in [0.717, 1.165) is 10.8 Å². The molecular formula is C24H21N3O6. The van der Waals surface area contributed by atoms with Crippen molar-refractivity contribution in [3.63, 3.8) is 0 Å². The molecule has 0 fully saturated rings. The fourth-order valence-electron chi connectivity index (χ4n) is 3.09. The molecule has 0 radical (unpaired) electrons. The molecule has 1 N–H and O–H groups in total. The number of methoxy groups -OCH3 is 1. The Morgan fingerprint density at radius 2 is 1.79 bits per heavy atom. The van der Waals surface area contributed by atoms with E-state index in [-0.39, 0.29) is 37.3 Å². The number of amides is 1. The van der Waals surface area contributed by atoms with E-state index in [9.17, 15) is 9.59 Å². The SMILES string of the molecule is COc1ccccc1NC(=O)Cc1noc(COC(=O)COc2ccc3ccccc3c2)n1. The van der Waals surface area contributed by atoms with Crippen molar-refractivity contribution in [3.05, 3.63) is 78.4 Å². The minimum Gasteiger partial charge on any atom is -0.495 e. The fourth-order valence-corrected chi connectivity index (χ4v) is 3.09. The first-order valence-electron chi connectivity index (χ1n) is 10.1. The second-order valence-electron chi connectivity index (χ2n) is 6.99. The number of ether oxygens (including phenoxy) is 3. The Labute approximate surface area is 189 Å². The van der Waals surface area contributed by atoms with Gasteiger partial charge in [-0.1, -0.05) is 47.6 Å². The Morgan fingerprint density at radius 1 is 1.00 bits per heavy atom. The monoisotopic (exact) mass is 447 g/mol. The summed E-state index contributed by atoms with van der Waals surface area (Å²) in [5.41, 5.74) is 0.536. The highest BCUT2D eigenvalue weighted by atomic mass is 16.6. The molecule has 0 saturated heterocycles. The lowest BCUT2D eigenvalue weighted by Gasteiger charge is -2.08. The molecule has 0 saturated carbocycles. The van der Waals surface area contributed by atoms with E-state index in [1.807, 2.05) is 36.4 Å². The lowest BCUT2D eigenvalue weighted by Crippen LogP contribution is -2.16. The van der Waals surface area contributed by atoms with Crippen LogP contribution in [0.4, 0.5) is 5.69 Å². The molecule has 0 aliphatic carbocycles. The van der Waals surface area contributed by atoms with E-state index in [4.69, 9.17) is 18.7 Å². The summed E-state index contributed by atoms with van der Waals surface area (Å²) in [4.78, 5) is 28.3. The molecule has 3 aromatic carbocycles. The molecule has 1 heterocycles. The number of rotatable bonds is 9. The Balaban J connectivity index is 1.23. The molecule has 0 aliphatic rings. The van der Waals surface area contributed by atoms with Crippen molar-refractivity contribution in [2.24, 2.45) is 0 Å². The second kappa shape index (κ2) is 10.3. The predicted molar refractivity (Wildman–Crippen MR) is 119 cm³/mol. The van der Waals surface area contributed by atoms with Gasteiger partial charge < -0.3 is 24.1 Å². The van der Waals surface area contributed by atoms with Gasteiger partial charge in [0, 0.05) is 0 Å². The fraction of sp³-hybridized carbons (Fsp3) is 0.167. The summed E-state index contributed by atoms with van der Waals surface area (Å²) in [6.45, 7) is -0.484. The molecule has 0 spiro atoms. The number of aromatic nitrogens is 2. The van der Waals surface area contributed by atoms with Gasteiger partial charge in [-0.15, -0.1) is 0 Å². The van der Waals surface area contributed by atoms with Gasteiger partial charge in [-0.05, 0) is 35.0 Å². The van der Waals surface area contributed by atoms with Gasteiger partial charge in [0.25, 0.3) is 5.89 Å². The molecule has 4 rings (SSSR count). The molecular weight excluding hydrogens is 426 g/mol. The van der Waals surface area contributed by atoms with Crippen LogP contribution < -0.4 is 14.8 Å². The summed E-state index contributed by atoms with van der Waals surface area (Å²) in [5, 5.41) is 8.56. The minimum atomic E-state index is -0.586.